The topological polar surface area (TPSA) is 111 Å². The van der Waals surface area contributed by atoms with Gasteiger partial charge in [-0.3, -0.25) is 0 Å². The average molecular weight is 352 g/mol. The van der Waals surface area contributed by atoms with E-state index in [1.54, 1.807) is 36.4 Å². The molecule has 6 heteroatoms. The van der Waals surface area contributed by atoms with Crippen LogP contribution in [0.2, 0.25) is 0 Å². The Balaban J connectivity index is 1.99. The van der Waals surface area contributed by atoms with Gasteiger partial charge in [0.05, 0.1) is 6.07 Å². The molecule has 2 aromatic carbocycles. The lowest BCUT2D eigenvalue weighted by molar-refractivity contribution is 0.422. The fourth-order valence-electron chi connectivity index (χ4n) is 2.55. The predicted molar refractivity (Wildman–Crippen MR) is 96.3 cm³/mol. The third-order valence-electron chi connectivity index (χ3n) is 3.75. The highest BCUT2D eigenvalue weighted by Gasteiger charge is 2.12. The molecule has 4 N–H and O–H groups in total. The van der Waals surface area contributed by atoms with Crippen LogP contribution in [0.5, 0.6) is 23.0 Å². The summed E-state index contributed by atoms with van der Waals surface area (Å²) in [6, 6.07) is 11.4. The van der Waals surface area contributed by atoms with E-state index in [0.717, 1.165) is 11.6 Å². The molecule has 0 atom stereocenters. The van der Waals surface area contributed by atoms with Crippen molar-refractivity contribution in [2.24, 2.45) is 0 Å². The van der Waals surface area contributed by atoms with Crippen molar-refractivity contribution in [2.75, 3.05) is 0 Å². The molecule has 0 aliphatic heterocycles. The smallest absolute Gasteiger partial charge is 0.339 e. The first-order valence-corrected chi connectivity index (χ1v) is 7.76. The molecule has 0 spiro atoms. The Hall–Kier alpha value is -3.67. The van der Waals surface area contributed by atoms with E-state index in [2.05, 4.69) is 0 Å². The third kappa shape index (κ3) is 4.05. The van der Waals surface area contributed by atoms with Crippen molar-refractivity contribution in [1.82, 2.24) is 0 Å². The number of aromatic hydroxyl groups is 4. The van der Waals surface area contributed by atoms with Crippen molar-refractivity contribution in [1.29, 1.82) is 0 Å². The second-order valence-electron chi connectivity index (χ2n) is 5.74. The van der Waals surface area contributed by atoms with Crippen LogP contribution in [0.3, 0.4) is 0 Å². The van der Waals surface area contributed by atoms with Gasteiger partial charge >= 0.3 is 5.63 Å². The van der Waals surface area contributed by atoms with Gasteiger partial charge in [0.25, 0.3) is 0 Å². The summed E-state index contributed by atoms with van der Waals surface area (Å²) in [7, 11) is 0. The summed E-state index contributed by atoms with van der Waals surface area (Å²) < 4.78 is 5.04. The minimum atomic E-state index is -0.695. The summed E-state index contributed by atoms with van der Waals surface area (Å²) in [5.41, 5.74) is 1.05. The van der Waals surface area contributed by atoms with Gasteiger partial charge in [-0.25, -0.2) is 4.79 Å². The predicted octanol–water partition coefficient (Wildman–Crippen LogP) is 3.22. The van der Waals surface area contributed by atoms with Crippen LogP contribution in [0, 0.1) is 0 Å². The molecular formula is C20H16O6. The van der Waals surface area contributed by atoms with Crippen molar-refractivity contribution < 1.29 is 24.8 Å². The zero-order valence-corrected chi connectivity index (χ0v) is 13.6. The van der Waals surface area contributed by atoms with Crippen molar-refractivity contribution >= 4 is 12.2 Å². The summed E-state index contributed by atoms with van der Waals surface area (Å²) >= 11 is 0. The molecule has 6 nitrogen and oxygen atoms in total. The van der Waals surface area contributed by atoms with Crippen molar-refractivity contribution in [3.63, 3.8) is 0 Å². The first-order chi connectivity index (χ1) is 12.4. The van der Waals surface area contributed by atoms with E-state index in [1.165, 1.54) is 18.2 Å². The monoisotopic (exact) mass is 352 g/mol. The molecule has 1 heterocycles. The van der Waals surface area contributed by atoms with Crippen LogP contribution in [0.15, 0.2) is 57.7 Å². The maximum Gasteiger partial charge on any atom is 0.339 e. The van der Waals surface area contributed by atoms with E-state index in [4.69, 9.17) is 4.42 Å². The minimum absolute atomic E-state index is 0.0466. The molecule has 0 bridgehead atoms. The second-order valence-corrected chi connectivity index (χ2v) is 5.74. The molecule has 0 amide bonds. The molecule has 0 aliphatic rings. The van der Waals surface area contributed by atoms with Crippen LogP contribution in [0.4, 0.5) is 0 Å². The maximum absolute atomic E-state index is 11.4. The molecule has 0 radical (unpaired) electrons. The van der Waals surface area contributed by atoms with Gasteiger partial charge in [0.1, 0.15) is 28.8 Å². The van der Waals surface area contributed by atoms with Crippen LogP contribution in [-0.2, 0) is 6.42 Å². The number of hydrogen-bond donors (Lipinski definition) is 4. The lowest BCUT2D eigenvalue weighted by Gasteiger charge is -2.09. The van der Waals surface area contributed by atoms with Crippen molar-refractivity contribution in [3.8, 4) is 23.0 Å². The highest BCUT2D eigenvalue weighted by Crippen LogP contribution is 2.31. The van der Waals surface area contributed by atoms with E-state index in [9.17, 15) is 25.2 Å². The summed E-state index contributed by atoms with van der Waals surface area (Å²) in [4.78, 5) is 11.4. The fourth-order valence-corrected chi connectivity index (χ4v) is 2.55. The van der Waals surface area contributed by atoms with Gasteiger partial charge in [0.2, 0.25) is 0 Å². The summed E-state index contributed by atoms with van der Waals surface area (Å²) in [5, 5.41) is 38.8. The van der Waals surface area contributed by atoms with E-state index < -0.39 is 5.63 Å². The second kappa shape index (κ2) is 7.06. The van der Waals surface area contributed by atoms with E-state index in [1.807, 2.05) is 0 Å². The van der Waals surface area contributed by atoms with Gasteiger partial charge in [-0.15, -0.1) is 0 Å². The van der Waals surface area contributed by atoms with Gasteiger partial charge < -0.3 is 24.8 Å². The Morgan fingerprint density at radius 1 is 0.808 bits per heavy atom. The molecule has 3 rings (SSSR count). The highest BCUT2D eigenvalue weighted by molar-refractivity contribution is 5.73. The molecule has 0 saturated carbocycles. The van der Waals surface area contributed by atoms with Crippen LogP contribution in [-0.4, -0.2) is 20.4 Å². The molecular weight excluding hydrogens is 336 g/mol. The van der Waals surface area contributed by atoms with Gasteiger partial charge in [-0.1, -0.05) is 24.3 Å². The molecule has 0 unspecified atom stereocenters. The molecule has 132 valence electrons. The molecule has 0 fully saturated rings. The normalized spacial score (nSPS) is 11.1. The Labute approximate surface area is 148 Å². The van der Waals surface area contributed by atoms with Crippen molar-refractivity contribution in [3.05, 3.63) is 81.4 Å². The van der Waals surface area contributed by atoms with Gasteiger partial charge in [0.15, 0.2) is 0 Å². The van der Waals surface area contributed by atoms with Crippen molar-refractivity contribution in [2.45, 2.75) is 6.42 Å². The molecule has 0 aliphatic carbocycles. The molecule has 26 heavy (non-hydrogen) atoms. The summed E-state index contributed by atoms with van der Waals surface area (Å²) in [6.07, 6.45) is 3.48. The zero-order chi connectivity index (χ0) is 18.7. The van der Waals surface area contributed by atoms with Crippen LogP contribution in [0.1, 0.15) is 22.5 Å². The Bertz CT molecular complexity index is 1020. The third-order valence-corrected chi connectivity index (χ3v) is 3.75. The van der Waals surface area contributed by atoms with E-state index in [0.29, 0.717) is 11.1 Å². The lowest BCUT2D eigenvalue weighted by atomic mass is 10.00. The standard InChI is InChI=1S/C20H16O6/c21-14-5-2-12(3-6-14)1-4-13-7-15(22)9-19(24)18(13)11-17-8-16(23)10-20(25)26-17/h1-10,21-24H,11H2/b4-1-. The van der Waals surface area contributed by atoms with Crippen LogP contribution in [0.25, 0.3) is 12.2 Å². The average Bonchev–Trinajstić information content (AvgIpc) is 2.56. The van der Waals surface area contributed by atoms with Crippen LogP contribution < -0.4 is 5.63 Å². The fraction of sp³-hybridized carbons (Fsp3) is 0.0500. The van der Waals surface area contributed by atoms with Gasteiger partial charge in [0, 0.05) is 24.1 Å². The Kier molecular flexibility index (Phi) is 4.66. The molecule has 3 aromatic rings. The number of benzene rings is 2. The lowest BCUT2D eigenvalue weighted by Crippen LogP contribution is -2.00. The summed E-state index contributed by atoms with van der Waals surface area (Å²) in [5.74, 6) is -0.182. The molecule has 1 aromatic heterocycles. The van der Waals surface area contributed by atoms with Gasteiger partial charge in [-0.05, 0) is 29.3 Å². The van der Waals surface area contributed by atoms with E-state index in [-0.39, 0.29) is 35.2 Å². The largest absolute Gasteiger partial charge is 0.508 e. The number of phenols is 3. The quantitative estimate of drug-likeness (QED) is 0.537. The number of hydrogen-bond acceptors (Lipinski definition) is 6. The zero-order valence-electron chi connectivity index (χ0n) is 13.6. The first-order valence-electron chi connectivity index (χ1n) is 7.76. The van der Waals surface area contributed by atoms with Gasteiger partial charge in [-0.2, -0.15) is 0 Å². The SMILES string of the molecule is O=c1cc(O)cc(Cc2c(O)cc(O)cc2/C=C\c2ccc(O)cc2)o1. The van der Waals surface area contributed by atoms with E-state index >= 15 is 0 Å². The Morgan fingerprint density at radius 2 is 1.50 bits per heavy atom. The highest BCUT2D eigenvalue weighted by atomic mass is 16.4. The van der Waals surface area contributed by atoms with Crippen LogP contribution >= 0.6 is 0 Å². The molecule has 0 saturated heterocycles. The number of rotatable bonds is 4. The Morgan fingerprint density at radius 3 is 2.19 bits per heavy atom. The summed E-state index contributed by atoms with van der Waals surface area (Å²) in [6.45, 7) is 0. The minimum Gasteiger partial charge on any atom is -0.508 e. The maximum atomic E-state index is 11.4. The number of phenolic OH excluding ortho intramolecular Hbond substituents is 3. The first kappa shape index (κ1) is 17.2.